The van der Waals surface area contributed by atoms with Crippen LogP contribution in [0.4, 0.5) is 5.82 Å². The monoisotopic (exact) mass is 196 g/mol. The highest BCUT2D eigenvalue weighted by Crippen LogP contribution is 2.23. The lowest BCUT2D eigenvalue weighted by atomic mass is 10.2. The van der Waals surface area contributed by atoms with Crippen LogP contribution < -0.4 is 4.90 Å². The normalized spacial score (nSPS) is 22.3. The maximum Gasteiger partial charge on any atom is 0.129 e. The van der Waals surface area contributed by atoms with E-state index >= 15 is 0 Å². The Morgan fingerprint density at radius 2 is 2.46 bits per heavy atom. The summed E-state index contributed by atoms with van der Waals surface area (Å²) in [5, 5.41) is 0.768. The van der Waals surface area contributed by atoms with Gasteiger partial charge in [-0.15, -0.1) is 0 Å². The minimum Gasteiger partial charge on any atom is -0.356 e. The molecular weight excluding hydrogens is 184 g/mol. The molecule has 2 rings (SSSR count). The highest BCUT2D eigenvalue weighted by atomic mass is 35.5. The van der Waals surface area contributed by atoms with E-state index < -0.39 is 0 Å². The second-order valence-corrected chi connectivity index (χ2v) is 4.11. The summed E-state index contributed by atoms with van der Waals surface area (Å²) < 4.78 is 0. The van der Waals surface area contributed by atoms with Crippen molar-refractivity contribution in [3.05, 3.63) is 23.4 Å². The second kappa shape index (κ2) is 3.54. The molecule has 1 aliphatic rings. The summed E-state index contributed by atoms with van der Waals surface area (Å²) in [5.41, 5.74) is 0. The van der Waals surface area contributed by atoms with E-state index in [9.17, 15) is 0 Å². The summed E-state index contributed by atoms with van der Waals surface area (Å²) in [6, 6.07) is 3.74. The molecule has 13 heavy (non-hydrogen) atoms. The van der Waals surface area contributed by atoms with Gasteiger partial charge < -0.3 is 4.90 Å². The first-order chi connectivity index (χ1) is 6.25. The van der Waals surface area contributed by atoms with E-state index in [0.29, 0.717) is 0 Å². The van der Waals surface area contributed by atoms with Crippen molar-refractivity contribution < 1.29 is 0 Å². The number of hydrogen-bond donors (Lipinski definition) is 0. The second-order valence-electron chi connectivity index (χ2n) is 3.67. The van der Waals surface area contributed by atoms with Gasteiger partial charge in [0, 0.05) is 24.3 Å². The molecule has 3 heteroatoms. The van der Waals surface area contributed by atoms with Crippen LogP contribution in [-0.2, 0) is 0 Å². The first kappa shape index (κ1) is 8.82. The van der Waals surface area contributed by atoms with Crippen LogP contribution in [0.15, 0.2) is 18.3 Å². The SMILES string of the molecule is CC1CCN(c2cc(Cl)ccn2)C1. The summed E-state index contributed by atoms with van der Waals surface area (Å²) in [6.45, 7) is 4.48. The van der Waals surface area contributed by atoms with E-state index in [1.54, 1.807) is 6.20 Å². The minimum atomic E-state index is 0.768. The quantitative estimate of drug-likeness (QED) is 0.687. The van der Waals surface area contributed by atoms with Crippen LogP contribution in [0.3, 0.4) is 0 Å². The number of aromatic nitrogens is 1. The van der Waals surface area contributed by atoms with Crippen LogP contribution in [0, 0.1) is 5.92 Å². The lowest BCUT2D eigenvalue weighted by Gasteiger charge is -2.16. The molecule has 1 saturated heterocycles. The largest absolute Gasteiger partial charge is 0.356 e. The predicted molar refractivity (Wildman–Crippen MR) is 55.2 cm³/mol. The minimum absolute atomic E-state index is 0.768. The predicted octanol–water partition coefficient (Wildman–Crippen LogP) is 2.58. The number of halogens is 1. The Balaban J connectivity index is 2.16. The zero-order valence-electron chi connectivity index (χ0n) is 7.70. The third-order valence-corrected chi connectivity index (χ3v) is 2.69. The number of hydrogen-bond acceptors (Lipinski definition) is 2. The molecule has 2 heterocycles. The highest BCUT2D eigenvalue weighted by Gasteiger charge is 2.19. The Morgan fingerprint density at radius 1 is 1.62 bits per heavy atom. The van der Waals surface area contributed by atoms with Crippen LogP contribution in [0.2, 0.25) is 5.02 Å². The summed E-state index contributed by atoms with van der Waals surface area (Å²) >= 11 is 5.89. The Kier molecular flexibility index (Phi) is 2.40. The molecule has 0 radical (unpaired) electrons. The van der Waals surface area contributed by atoms with Crippen LogP contribution in [-0.4, -0.2) is 18.1 Å². The van der Waals surface area contributed by atoms with Crippen LogP contribution >= 0.6 is 11.6 Å². The molecule has 1 aromatic heterocycles. The van der Waals surface area contributed by atoms with Crippen LogP contribution in [0.1, 0.15) is 13.3 Å². The van der Waals surface area contributed by atoms with E-state index in [4.69, 9.17) is 11.6 Å². The summed E-state index contributed by atoms with van der Waals surface area (Å²) in [7, 11) is 0. The van der Waals surface area contributed by atoms with Crippen molar-refractivity contribution in [2.24, 2.45) is 5.92 Å². The van der Waals surface area contributed by atoms with Crippen molar-refractivity contribution in [1.29, 1.82) is 0 Å². The third-order valence-electron chi connectivity index (χ3n) is 2.46. The molecule has 0 bridgehead atoms. The number of rotatable bonds is 1. The Hall–Kier alpha value is -0.760. The summed E-state index contributed by atoms with van der Waals surface area (Å²) in [6.07, 6.45) is 3.02. The number of anilines is 1. The maximum absolute atomic E-state index is 5.89. The first-order valence-corrected chi connectivity index (χ1v) is 5.00. The van der Waals surface area contributed by atoms with Gasteiger partial charge in [-0.25, -0.2) is 4.98 Å². The summed E-state index contributed by atoms with van der Waals surface area (Å²) in [5.74, 6) is 1.79. The van der Waals surface area contributed by atoms with Gasteiger partial charge in [-0.3, -0.25) is 0 Å². The molecule has 0 spiro atoms. The van der Waals surface area contributed by atoms with E-state index in [0.717, 1.165) is 29.8 Å². The first-order valence-electron chi connectivity index (χ1n) is 4.62. The number of nitrogens with zero attached hydrogens (tertiary/aromatic N) is 2. The van der Waals surface area contributed by atoms with Crippen molar-refractivity contribution in [1.82, 2.24) is 4.98 Å². The fourth-order valence-electron chi connectivity index (χ4n) is 1.71. The average molecular weight is 197 g/mol. The van der Waals surface area contributed by atoms with Gasteiger partial charge in [0.15, 0.2) is 0 Å². The standard InChI is InChI=1S/C10H13ClN2/c1-8-3-5-13(7-8)10-6-9(11)2-4-12-10/h2,4,6,8H,3,5,7H2,1H3. The lowest BCUT2D eigenvalue weighted by Crippen LogP contribution is -2.19. The highest BCUT2D eigenvalue weighted by molar-refractivity contribution is 6.30. The van der Waals surface area contributed by atoms with E-state index in [-0.39, 0.29) is 0 Å². The molecule has 2 nitrogen and oxygen atoms in total. The summed E-state index contributed by atoms with van der Waals surface area (Å²) in [4.78, 5) is 6.59. The van der Waals surface area contributed by atoms with Gasteiger partial charge in [0.25, 0.3) is 0 Å². The molecule has 1 aromatic rings. The van der Waals surface area contributed by atoms with Gasteiger partial charge in [0.2, 0.25) is 0 Å². The topological polar surface area (TPSA) is 16.1 Å². The van der Waals surface area contributed by atoms with Gasteiger partial charge in [0.05, 0.1) is 0 Å². The van der Waals surface area contributed by atoms with Crippen molar-refractivity contribution >= 4 is 17.4 Å². The molecule has 0 aromatic carbocycles. The van der Waals surface area contributed by atoms with Gasteiger partial charge in [0.1, 0.15) is 5.82 Å². The zero-order chi connectivity index (χ0) is 9.26. The molecule has 1 atom stereocenters. The van der Waals surface area contributed by atoms with Gasteiger partial charge in [-0.2, -0.15) is 0 Å². The molecule has 0 N–H and O–H groups in total. The van der Waals surface area contributed by atoms with Crippen molar-refractivity contribution in [3.63, 3.8) is 0 Å². The zero-order valence-corrected chi connectivity index (χ0v) is 8.46. The van der Waals surface area contributed by atoms with E-state index in [1.807, 2.05) is 12.1 Å². The smallest absolute Gasteiger partial charge is 0.129 e. The molecule has 0 aliphatic carbocycles. The van der Waals surface area contributed by atoms with Crippen molar-refractivity contribution in [3.8, 4) is 0 Å². The van der Waals surface area contributed by atoms with E-state index in [2.05, 4.69) is 16.8 Å². The average Bonchev–Trinajstić information content (AvgIpc) is 2.52. The van der Waals surface area contributed by atoms with Gasteiger partial charge in [-0.05, 0) is 24.5 Å². The van der Waals surface area contributed by atoms with Gasteiger partial charge >= 0.3 is 0 Å². The number of pyridine rings is 1. The van der Waals surface area contributed by atoms with Crippen LogP contribution in [0.5, 0.6) is 0 Å². The molecule has 0 amide bonds. The molecule has 70 valence electrons. The molecule has 1 aliphatic heterocycles. The molecule has 1 unspecified atom stereocenters. The lowest BCUT2D eigenvalue weighted by molar-refractivity contribution is 0.659. The van der Waals surface area contributed by atoms with E-state index in [1.165, 1.54) is 6.42 Å². The maximum atomic E-state index is 5.89. The molecule has 0 saturated carbocycles. The Labute approximate surface area is 83.5 Å². The van der Waals surface area contributed by atoms with Gasteiger partial charge in [-0.1, -0.05) is 18.5 Å². The Bertz CT molecular complexity index is 301. The Morgan fingerprint density at radius 3 is 3.08 bits per heavy atom. The fourth-order valence-corrected chi connectivity index (χ4v) is 1.86. The van der Waals surface area contributed by atoms with Crippen molar-refractivity contribution in [2.45, 2.75) is 13.3 Å². The molecule has 1 fully saturated rings. The molecular formula is C10H13ClN2. The third kappa shape index (κ3) is 1.94. The van der Waals surface area contributed by atoms with Crippen molar-refractivity contribution in [2.75, 3.05) is 18.0 Å². The van der Waals surface area contributed by atoms with Crippen LogP contribution in [0.25, 0.3) is 0 Å². The fraction of sp³-hybridized carbons (Fsp3) is 0.500.